The molecule has 0 spiro atoms. The third-order valence-corrected chi connectivity index (χ3v) is 3.24. The second-order valence-electron chi connectivity index (χ2n) is 4.68. The van der Waals surface area contributed by atoms with Crippen LogP contribution in [0.3, 0.4) is 0 Å². The van der Waals surface area contributed by atoms with Crippen molar-refractivity contribution in [2.75, 3.05) is 12.0 Å². The first kappa shape index (κ1) is 15.0. The number of pyridine rings is 1. The maximum Gasteiger partial charge on any atom is 0.251 e. The second-order valence-corrected chi connectivity index (χ2v) is 4.68. The summed E-state index contributed by atoms with van der Waals surface area (Å²) in [6.45, 7) is 2.53. The van der Waals surface area contributed by atoms with E-state index in [4.69, 9.17) is 5.84 Å². The molecule has 2 aromatic rings. The zero-order chi connectivity index (χ0) is 15.2. The van der Waals surface area contributed by atoms with Crippen LogP contribution in [0.1, 0.15) is 28.7 Å². The van der Waals surface area contributed by atoms with Crippen LogP contribution in [0.15, 0.2) is 24.4 Å². The summed E-state index contributed by atoms with van der Waals surface area (Å²) in [6, 6.07) is 5.35. The number of nitrogen functional groups attached to an aromatic ring is 1. The maximum atomic E-state index is 12.2. The highest BCUT2D eigenvalue weighted by molar-refractivity contribution is 5.95. The molecule has 1 amide bonds. The van der Waals surface area contributed by atoms with Gasteiger partial charge >= 0.3 is 0 Å². The molecule has 0 fully saturated rings. The van der Waals surface area contributed by atoms with E-state index in [-0.39, 0.29) is 5.91 Å². The van der Waals surface area contributed by atoms with Crippen LogP contribution in [0.5, 0.6) is 0 Å². The zero-order valence-electron chi connectivity index (χ0n) is 12.3. The molecule has 21 heavy (non-hydrogen) atoms. The molecule has 7 heteroatoms. The summed E-state index contributed by atoms with van der Waals surface area (Å²) in [4.78, 5) is 16.4. The quantitative estimate of drug-likeness (QED) is 0.535. The minimum Gasteiger partial charge on any atom is -0.352 e. The Morgan fingerprint density at radius 1 is 1.43 bits per heavy atom. The zero-order valence-corrected chi connectivity index (χ0v) is 12.3. The Kier molecular flexibility index (Phi) is 4.89. The lowest BCUT2D eigenvalue weighted by molar-refractivity contribution is 0.0954. The normalized spacial score (nSPS) is 10.4. The van der Waals surface area contributed by atoms with Crippen LogP contribution in [-0.2, 0) is 19.9 Å². The monoisotopic (exact) mass is 288 g/mol. The number of aromatic nitrogens is 3. The van der Waals surface area contributed by atoms with E-state index in [0.717, 1.165) is 24.2 Å². The van der Waals surface area contributed by atoms with Gasteiger partial charge in [0.2, 0.25) is 0 Å². The topological polar surface area (TPSA) is 97.9 Å². The van der Waals surface area contributed by atoms with Gasteiger partial charge in [-0.1, -0.05) is 6.92 Å². The molecule has 0 aromatic carbocycles. The van der Waals surface area contributed by atoms with E-state index < -0.39 is 0 Å². The van der Waals surface area contributed by atoms with E-state index in [0.29, 0.717) is 17.9 Å². The van der Waals surface area contributed by atoms with Gasteiger partial charge in [-0.15, -0.1) is 0 Å². The molecule has 0 saturated carbocycles. The summed E-state index contributed by atoms with van der Waals surface area (Å²) in [5, 5.41) is 6.98. The van der Waals surface area contributed by atoms with E-state index in [1.165, 1.54) is 0 Å². The number of nitrogens with two attached hydrogens (primary N) is 1. The molecule has 0 aliphatic rings. The molecule has 2 aromatic heterocycles. The first-order valence-corrected chi connectivity index (χ1v) is 6.86. The van der Waals surface area contributed by atoms with Crippen LogP contribution in [-0.4, -0.2) is 27.2 Å². The number of carbonyl (C=O) groups is 1. The minimum atomic E-state index is -0.134. The molecular weight excluding hydrogens is 268 g/mol. The van der Waals surface area contributed by atoms with Crippen molar-refractivity contribution in [2.24, 2.45) is 12.9 Å². The summed E-state index contributed by atoms with van der Waals surface area (Å²) in [5.74, 6) is 5.73. The Morgan fingerprint density at radius 2 is 2.24 bits per heavy atom. The molecule has 0 saturated heterocycles. The Labute approximate surface area is 123 Å². The summed E-state index contributed by atoms with van der Waals surface area (Å²) in [5.41, 5.74) is 4.93. The fourth-order valence-corrected chi connectivity index (χ4v) is 2.03. The SMILES string of the molecule is CCc1cc(C(=O)NCCc2ccnn2C)cc(NN)n1. The van der Waals surface area contributed by atoms with E-state index in [9.17, 15) is 4.79 Å². The molecule has 2 rings (SSSR count). The van der Waals surface area contributed by atoms with Crippen LogP contribution >= 0.6 is 0 Å². The average Bonchev–Trinajstić information content (AvgIpc) is 2.92. The van der Waals surface area contributed by atoms with Crippen molar-refractivity contribution in [1.82, 2.24) is 20.1 Å². The van der Waals surface area contributed by atoms with E-state index in [1.807, 2.05) is 20.0 Å². The molecular formula is C14H20N6O. The molecule has 0 unspecified atom stereocenters. The van der Waals surface area contributed by atoms with E-state index in [1.54, 1.807) is 23.0 Å². The van der Waals surface area contributed by atoms with Gasteiger partial charge in [0, 0.05) is 43.2 Å². The highest BCUT2D eigenvalue weighted by Gasteiger charge is 2.09. The average molecular weight is 288 g/mol. The smallest absolute Gasteiger partial charge is 0.251 e. The number of hydrogen-bond donors (Lipinski definition) is 3. The predicted molar refractivity (Wildman–Crippen MR) is 80.7 cm³/mol. The molecule has 0 atom stereocenters. The maximum absolute atomic E-state index is 12.2. The summed E-state index contributed by atoms with van der Waals surface area (Å²) in [7, 11) is 1.88. The van der Waals surface area contributed by atoms with Crippen molar-refractivity contribution in [3.63, 3.8) is 0 Å². The number of rotatable bonds is 6. The molecule has 0 bridgehead atoms. The highest BCUT2D eigenvalue weighted by atomic mass is 16.1. The van der Waals surface area contributed by atoms with Crippen LogP contribution in [0.4, 0.5) is 5.82 Å². The fraction of sp³-hybridized carbons (Fsp3) is 0.357. The molecule has 0 aliphatic heterocycles. The van der Waals surface area contributed by atoms with Crippen LogP contribution in [0.2, 0.25) is 0 Å². The van der Waals surface area contributed by atoms with Crippen molar-refractivity contribution in [1.29, 1.82) is 0 Å². The molecule has 7 nitrogen and oxygen atoms in total. The lowest BCUT2D eigenvalue weighted by Crippen LogP contribution is -2.26. The molecule has 4 N–H and O–H groups in total. The third kappa shape index (κ3) is 3.79. The van der Waals surface area contributed by atoms with Gasteiger partial charge in [0.15, 0.2) is 0 Å². The van der Waals surface area contributed by atoms with Gasteiger partial charge in [0.05, 0.1) is 0 Å². The third-order valence-electron chi connectivity index (χ3n) is 3.24. The van der Waals surface area contributed by atoms with Gasteiger partial charge in [-0.05, 0) is 24.6 Å². The number of carbonyl (C=O) groups excluding carboxylic acids is 1. The van der Waals surface area contributed by atoms with Gasteiger partial charge < -0.3 is 10.7 Å². The van der Waals surface area contributed by atoms with Gasteiger partial charge in [-0.2, -0.15) is 5.10 Å². The first-order valence-electron chi connectivity index (χ1n) is 6.86. The van der Waals surface area contributed by atoms with Crippen molar-refractivity contribution in [2.45, 2.75) is 19.8 Å². The minimum absolute atomic E-state index is 0.134. The van der Waals surface area contributed by atoms with Gasteiger partial charge in [-0.25, -0.2) is 10.8 Å². The van der Waals surface area contributed by atoms with Gasteiger partial charge in [0.25, 0.3) is 5.91 Å². The summed E-state index contributed by atoms with van der Waals surface area (Å²) >= 11 is 0. The fourth-order valence-electron chi connectivity index (χ4n) is 2.03. The number of hydrogen-bond acceptors (Lipinski definition) is 5. The molecule has 112 valence electrons. The molecule has 2 heterocycles. The number of aryl methyl sites for hydroxylation is 2. The van der Waals surface area contributed by atoms with Gasteiger partial charge in [-0.3, -0.25) is 9.48 Å². The standard InChI is InChI=1S/C14H20N6O/c1-3-11-8-10(9-13(18-11)19-15)14(21)16-6-4-12-5-7-17-20(12)2/h5,7-9H,3-4,6,15H2,1-2H3,(H,16,21)(H,18,19). The van der Waals surface area contributed by atoms with Crippen LogP contribution < -0.4 is 16.6 Å². The van der Waals surface area contributed by atoms with Crippen molar-refractivity contribution < 1.29 is 4.79 Å². The van der Waals surface area contributed by atoms with Crippen molar-refractivity contribution in [3.8, 4) is 0 Å². The van der Waals surface area contributed by atoms with Gasteiger partial charge in [0.1, 0.15) is 5.82 Å². The summed E-state index contributed by atoms with van der Waals surface area (Å²) in [6.07, 6.45) is 3.22. The Morgan fingerprint density at radius 3 is 2.86 bits per heavy atom. The second kappa shape index (κ2) is 6.85. The largest absolute Gasteiger partial charge is 0.352 e. The predicted octanol–water partition coefficient (Wildman–Crippen LogP) is 0.636. The van der Waals surface area contributed by atoms with Crippen LogP contribution in [0, 0.1) is 0 Å². The highest BCUT2D eigenvalue weighted by Crippen LogP contribution is 2.10. The van der Waals surface area contributed by atoms with Crippen molar-refractivity contribution >= 4 is 11.7 Å². The lowest BCUT2D eigenvalue weighted by Gasteiger charge is -2.09. The number of nitrogens with zero attached hydrogens (tertiary/aromatic N) is 3. The molecule has 0 aliphatic carbocycles. The number of amides is 1. The number of nitrogens with one attached hydrogen (secondary N) is 2. The van der Waals surface area contributed by atoms with E-state index in [2.05, 4.69) is 20.8 Å². The first-order chi connectivity index (χ1) is 10.1. The Balaban J connectivity index is 1.98. The lowest BCUT2D eigenvalue weighted by atomic mass is 10.2. The Bertz CT molecular complexity index is 599. The molecule has 0 radical (unpaired) electrons. The number of anilines is 1. The summed E-state index contributed by atoms with van der Waals surface area (Å²) < 4.78 is 1.80. The van der Waals surface area contributed by atoms with Crippen molar-refractivity contribution in [3.05, 3.63) is 41.3 Å². The van der Waals surface area contributed by atoms with E-state index >= 15 is 0 Å². The number of hydrazine groups is 1. The van der Waals surface area contributed by atoms with Crippen LogP contribution in [0.25, 0.3) is 0 Å². The Hall–Kier alpha value is -2.41.